The van der Waals surface area contributed by atoms with Gasteiger partial charge in [0.25, 0.3) is 5.56 Å². The van der Waals surface area contributed by atoms with Crippen LogP contribution in [-0.4, -0.2) is 15.0 Å². The quantitative estimate of drug-likeness (QED) is 0.609. The van der Waals surface area contributed by atoms with Crippen LogP contribution in [0, 0.1) is 6.92 Å². The second kappa shape index (κ2) is 5.74. The Bertz CT molecular complexity index is 1100. The molecular weight excluding hydrogens is 298 g/mol. The van der Waals surface area contributed by atoms with E-state index >= 15 is 0 Å². The molecule has 0 aliphatic rings. The zero-order valence-corrected chi connectivity index (χ0v) is 13.2. The lowest BCUT2D eigenvalue weighted by Crippen LogP contribution is -2.06. The Hall–Kier alpha value is -3.27. The van der Waals surface area contributed by atoms with Crippen molar-refractivity contribution in [2.45, 2.75) is 6.92 Å². The summed E-state index contributed by atoms with van der Waals surface area (Å²) in [6, 6.07) is 17.8. The molecule has 4 rings (SSSR count). The first kappa shape index (κ1) is 14.3. The maximum Gasteiger partial charge on any atom is 0.258 e. The minimum Gasteiger partial charge on any atom is -0.313 e. The summed E-state index contributed by atoms with van der Waals surface area (Å²) < 4.78 is 0. The molecule has 0 radical (unpaired) electrons. The zero-order valence-electron chi connectivity index (χ0n) is 13.2. The number of aromatic nitrogens is 3. The number of aryl methyl sites for hydroxylation is 1. The van der Waals surface area contributed by atoms with Gasteiger partial charge in [0.1, 0.15) is 0 Å². The van der Waals surface area contributed by atoms with Crippen LogP contribution in [0.25, 0.3) is 33.3 Å². The Morgan fingerprint density at radius 1 is 0.917 bits per heavy atom. The third kappa shape index (κ3) is 2.38. The molecular formula is C20H15N3O. The largest absolute Gasteiger partial charge is 0.313 e. The molecule has 0 unspecified atom stereocenters. The predicted molar refractivity (Wildman–Crippen MR) is 95.8 cm³/mol. The molecule has 1 N–H and O–H groups in total. The van der Waals surface area contributed by atoms with Crippen LogP contribution >= 0.6 is 0 Å². The summed E-state index contributed by atoms with van der Waals surface area (Å²) >= 11 is 0. The van der Waals surface area contributed by atoms with E-state index in [4.69, 9.17) is 0 Å². The minimum atomic E-state index is -0.136. The van der Waals surface area contributed by atoms with Crippen molar-refractivity contribution in [1.29, 1.82) is 0 Å². The van der Waals surface area contributed by atoms with Crippen molar-refractivity contribution >= 4 is 10.9 Å². The molecule has 0 saturated carbocycles. The molecule has 2 heterocycles. The second-order valence-electron chi connectivity index (χ2n) is 5.68. The lowest BCUT2D eigenvalue weighted by Gasteiger charge is -2.11. The van der Waals surface area contributed by atoms with Crippen molar-refractivity contribution in [2.75, 3.05) is 0 Å². The van der Waals surface area contributed by atoms with E-state index in [1.54, 1.807) is 6.20 Å². The summed E-state index contributed by atoms with van der Waals surface area (Å²) in [5.74, 6) is 0. The normalized spacial score (nSPS) is 10.9. The molecule has 2 aromatic heterocycles. The van der Waals surface area contributed by atoms with Gasteiger partial charge in [0.15, 0.2) is 0 Å². The van der Waals surface area contributed by atoms with Gasteiger partial charge in [-0.2, -0.15) is 0 Å². The summed E-state index contributed by atoms with van der Waals surface area (Å²) in [5.41, 5.74) is 5.66. The van der Waals surface area contributed by atoms with Crippen LogP contribution in [0.2, 0.25) is 0 Å². The number of H-pyrrole nitrogens is 1. The van der Waals surface area contributed by atoms with Crippen LogP contribution in [0.15, 0.2) is 71.9 Å². The average Bonchev–Trinajstić information content (AvgIpc) is 2.62. The van der Waals surface area contributed by atoms with Gasteiger partial charge in [-0.25, -0.2) is 4.98 Å². The van der Waals surface area contributed by atoms with Crippen molar-refractivity contribution in [3.8, 4) is 22.4 Å². The van der Waals surface area contributed by atoms with Gasteiger partial charge in [0.05, 0.1) is 22.9 Å². The minimum absolute atomic E-state index is 0.136. The topological polar surface area (TPSA) is 58.6 Å². The Balaban J connectivity index is 1.97. The number of benzene rings is 2. The van der Waals surface area contributed by atoms with Gasteiger partial charge >= 0.3 is 0 Å². The molecule has 0 fully saturated rings. The number of nitrogens with one attached hydrogen (secondary N) is 1. The fraction of sp³-hybridized carbons (Fsp3) is 0.0500. The molecule has 0 aliphatic carbocycles. The van der Waals surface area contributed by atoms with E-state index in [2.05, 4.69) is 34.0 Å². The molecule has 2 aromatic carbocycles. The second-order valence-corrected chi connectivity index (χ2v) is 5.68. The highest BCUT2D eigenvalue weighted by Crippen LogP contribution is 2.32. The molecule has 0 spiro atoms. The van der Waals surface area contributed by atoms with Gasteiger partial charge < -0.3 is 4.98 Å². The van der Waals surface area contributed by atoms with Crippen LogP contribution in [-0.2, 0) is 0 Å². The van der Waals surface area contributed by atoms with Crippen molar-refractivity contribution in [3.05, 3.63) is 83.0 Å². The highest BCUT2D eigenvalue weighted by Gasteiger charge is 2.11. The number of aromatic amines is 1. The van der Waals surface area contributed by atoms with Gasteiger partial charge in [0.2, 0.25) is 0 Å². The molecule has 4 aromatic rings. The SMILES string of the molecule is Cc1ccccc1-c1ncccc1-c1ccc2nc[nH]c(=O)c2c1. The Morgan fingerprint density at radius 2 is 1.75 bits per heavy atom. The van der Waals surface area contributed by atoms with Gasteiger partial charge in [-0.05, 0) is 36.2 Å². The van der Waals surface area contributed by atoms with Gasteiger partial charge in [-0.15, -0.1) is 0 Å². The Morgan fingerprint density at radius 3 is 2.62 bits per heavy atom. The van der Waals surface area contributed by atoms with Crippen molar-refractivity contribution in [3.63, 3.8) is 0 Å². The molecule has 0 bridgehead atoms. The van der Waals surface area contributed by atoms with E-state index in [1.165, 1.54) is 6.33 Å². The van der Waals surface area contributed by atoms with Gasteiger partial charge in [-0.3, -0.25) is 9.78 Å². The number of pyridine rings is 1. The highest BCUT2D eigenvalue weighted by molar-refractivity contribution is 5.88. The van der Waals surface area contributed by atoms with Crippen LogP contribution in [0.1, 0.15) is 5.56 Å². The fourth-order valence-electron chi connectivity index (χ4n) is 2.93. The third-order valence-electron chi connectivity index (χ3n) is 4.16. The summed E-state index contributed by atoms with van der Waals surface area (Å²) in [5, 5.41) is 0.578. The first-order valence-corrected chi connectivity index (χ1v) is 7.73. The first-order valence-electron chi connectivity index (χ1n) is 7.73. The lowest BCUT2D eigenvalue weighted by molar-refractivity contribution is 1.17. The number of rotatable bonds is 2. The Labute approximate surface area is 138 Å². The molecule has 0 atom stereocenters. The molecule has 4 nitrogen and oxygen atoms in total. The Kier molecular flexibility index (Phi) is 3.43. The van der Waals surface area contributed by atoms with Gasteiger partial charge in [-0.1, -0.05) is 36.4 Å². The van der Waals surface area contributed by atoms with E-state index in [9.17, 15) is 4.79 Å². The number of hydrogen-bond donors (Lipinski definition) is 1. The highest BCUT2D eigenvalue weighted by atomic mass is 16.1. The first-order chi connectivity index (χ1) is 11.7. The van der Waals surface area contributed by atoms with Crippen LogP contribution < -0.4 is 5.56 Å². The molecule has 0 amide bonds. The van der Waals surface area contributed by atoms with E-state index < -0.39 is 0 Å². The molecule has 24 heavy (non-hydrogen) atoms. The zero-order chi connectivity index (χ0) is 16.5. The lowest BCUT2D eigenvalue weighted by atomic mass is 9.96. The van der Waals surface area contributed by atoms with E-state index in [0.717, 1.165) is 27.9 Å². The molecule has 4 heteroatoms. The maximum atomic E-state index is 12.1. The smallest absolute Gasteiger partial charge is 0.258 e. The van der Waals surface area contributed by atoms with Crippen LogP contribution in [0.5, 0.6) is 0 Å². The van der Waals surface area contributed by atoms with Gasteiger partial charge in [0, 0.05) is 17.3 Å². The van der Waals surface area contributed by atoms with Crippen LogP contribution in [0.4, 0.5) is 0 Å². The number of fused-ring (bicyclic) bond motifs is 1. The van der Waals surface area contributed by atoms with E-state index in [1.807, 2.05) is 42.5 Å². The van der Waals surface area contributed by atoms with Crippen LogP contribution in [0.3, 0.4) is 0 Å². The average molecular weight is 313 g/mol. The number of hydrogen-bond acceptors (Lipinski definition) is 3. The standard InChI is InChI=1S/C20H15N3O/c1-13-5-2-3-6-15(13)19-16(7-4-10-21-19)14-8-9-18-17(11-14)20(24)23-12-22-18/h2-12H,1H3,(H,22,23,24). The third-order valence-corrected chi connectivity index (χ3v) is 4.16. The van der Waals surface area contributed by atoms with Crippen molar-refractivity contribution < 1.29 is 0 Å². The predicted octanol–water partition coefficient (Wildman–Crippen LogP) is 3.96. The van der Waals surface area contributed by atoms with E-state index in [0.29, 0.717) is 10.9 Å². The van der Waals surface area contributed by atoms with E-state index in [-0.39, 0.29) is 5.56 Å². The summed E-state index contributed by atoms with van der Waals surface area (Å²) in [4.78, 5) is 23.5. The summed E-state index contributed by atoms with van der Waals surface area (Å²) in [7, 11) is 0. The number of nitrogens with zero attached hydrogens (tertiary/aromatic N) is 2. The summed E-state index contributed by atoms with van der Waals surface area (Å²) in [6.07, 6.45) is 3.22. The molecule has 0 saturated heterocycles. The fourth-order valence-corrected chi connectivity index (χ4v) is 2.93. The van der Waals surface area contributed by atoms with Crippen molar-refractivity contribution in [1.82, 2.24) is 15.0 Å². The maximum absolute atomic E-state index is 12.1. The van der Waals surface area contributed by atoms with Crippen molar-refractivity contribution in [2.24, 2.45) is 0 Å². The monoisotopic (exact) mass is 313 g/mol. The summed E-state index contributed by atoms with van der Waals surface area (Å²) in [6.45, 7) is 2.07. The molecule has 116 valence electrons. The molecule has 0 aliphatic heterocycles.